The van der Waals surface area contributed by atoms with Crippen molar-refractivity contribution < 1.29 is 14.3 Å². The molecule has 0 bridgehead atoms. The van der Waals surface area contributed by atoms with E-state index < -0.39 is 12.0 Å². The van der Waals surface area contributed by atoms with Crippen molar-refractivity contribution in [2.45, 2.75) is 26.4 Å². The van der Waals surface area contributed by atoms with Crippen LogP contribution in [0.15, 0.2) is 54.7 Å². The van der Waals surface area contributed by atoms with E-state index in [1.54, 1.807) is 18.3 Å². The Morgan fingerprint density at radius 1 is 1.18 bits per heavy atom. The summed E-state index contributed by atoms with van der Waals surface area (Å²) in [6.45, 7) is 8.92. The summed E-state index contributed by atoms with van der Waals surface area (Å²) in [5.74, 6) is 0.285. The molecule has 1 aliphatic rings. The van der Waals surface area contributed by atoms with Gasteiger partial charge >= 0.3 is 5.97 Å². The van der Waals surface area contributed by atoms with E-state index in [0.717, 1.165) is 47.1 Å². The number of carboxylic acid groups (broad SMARTS) is 1. The molecule has 12 heteroatoms. The lowest BCUT2D eigenvalue weighted by Gasteiger charge is -2.31. The maximum Gasteiger partial charge on any atom is 0.322 e. The molecule has 0 radical (unpaired) electrons. The van der Waals surface area contributed by atoms with Crippen LogP contribution < -0.4 is 20.9 Å². The molecule has 4 aromatic rings. The number of carboxylic acids is 1. The number of hydrogen-bond donors (Lipinski definition) is 4. The minimum absolute atomic E-state index is 0.279. The van der Waals surface area contributed by atoms with Crippen LogP contribution in [-0.2, 0) is 11.3 Å². The fourth-order valence-electron chi connectivity index (χ4n) is 4.22. The number of benzene rings is 1. The van der Waals surface area contributed by atoms with Gasteiger partial charge in [0.1, 0.15) is 33.8 Å². The zero-order valence-electron chi connectivity index (χ0n) is 22.9. The number of rotatable bonds is 9. The van der Waals surface area contributed by atoms with Crippen molar-refractivity contribution in [3.63, 3.8) is 0 Å². The van der Waals surface area contributed by atoms with Crippen LogP contribution in [0.5, 0.6) is 0 Å². The summed E-state index contributed by atoms with van der Waals surface area (Å²) < 4.78 is 13.3. The molecule has 1 aromatic carbocycles. The van der Waals surface area contributed by atoms with Gasteiger partial charge in [-0.15, -0.1) is 0 Å². The number of piperazine rings is 1. The Bertz CT molecular complexity index is 1400. The molecule has 1 atom stereocenters. The summed E-state index contributed by atoms with van der Waals surface area (Å²) in [5.41, 5.74) is 2.64. The number of thiazole rings is 1. The highest BCUT2D eigenvalue weighted by molar-refractivity contribution is 7.21. The standard InChI is InChI=1S/C24H24FN7O2S.C4H11N/c1-31(17-4-2-16(25)3-5-17)21-7-6-18-22(30-21)35-24(28-18)29-20-12-15(8-9-27-20)13-32-11-10-26-19(14-32)23(33)34;1-3-5-4-2/h2-9,12,19,26H,10-11,13-14H2,1H3,(H,33,34)(H,27,28,29);5H,3-4H2,1-2H3. The normalized spacial score (nSPS) is 15.3. The Morgan fingerprint density at radius 2 is 1.95 bits per heavy atom. The van der Waals surface area contributed by atoms with Gasteiger partial charge in [-0.3, -0.25) is 9.69 Å². The largest absolute Gasteiger partial charge is 0.480 e. The minimum atomic E-state index is -0.830. The number of halogens is 1. The van der Waals surface area contributed by atoms with Crippen molar-refractivity contribution in [2.24, 2.45) is 0 Å². The van der Waals surface area contributed by atoms with E-state index in [9.17, 15) is 14.3 Å². The zero-order chi connectivity index (χ0) is 28.5. The second-order valence-corrected chi connectivity index (χ2v) is 10.2. The number of anilines is 4. The first-order chi connectivity index (χ1) is 19.4. The van der Waals surface area contributed by atoms with Gasteiger partial charge in [-0.25, -0.2) is 19.3 Å². The molecule has 1 unspecified atom stereocenters. The molecule has 4 heterocycles. The summed E-state index contributed by atoms with van der Waals surface area (Å²) in [6.07, 6.45) is 1.73. The number of fused-ring (bicyclic) bond motifs is 1. The fourth-order valence-corrected chi connectivity index (χ4v) is 5.06. The molecule has 5 rings (SSSR count). The average Bonchev–Trinajstić information content (AvgIpc) is 3.35. The summed E-state index contributed by atoms with van der Waals surface area (Å²) in [6, 6.07) is 13.4. The molecule has 212 valence electrons. The lowest BCUT2D eigenvalue weighted by Crippen LogP contribution is -2.53. The smallest absolute Gasteiger partial charge is 0.322 e. The molecule has 1 fully saturated rings. The van der Waals surface area contributed by atoms with Gasteiger partial charge in [-0.2, -0.15) is 0 Å². The molecule has 3 aromatic heterocycles. The third-order valence-corrected chi connectivity index (χ3v) is 7.20. The van der Waals surface area contributed by atoms with Crippen molar-refractivity contribution in [2.75, 3.05) is 50.0 Å². The molecule has 40 heavy (non-hydrogen) atoms. The van der Waals surface area contributed by atoms with Gasteiger partial charge in [0, 0.05) is 45.1 Å². The number of nitrogens with zero attached hydrogens (tertiary/aromatic N) is 5. The first kappa shape index (κ1) is 29.3. The molecule has 0 spiro atoms. The number of aliphatic carboxylic acids is 1. The highest BCUT2D eigenvalue weighted by atomic mass is 32.1. The highest BCUT2D eigenvalue weighted by Crippen LogP contribution is 2.30. The molecule has 0 saturated carbocycles. The van der Waals surface area contributed by atoms with E-state index in [-0.39, 0.29) is 5.82 Å². The molecular weight excluding hydrogens is 531 g/mol. The van der Waals surface area contributed by atoms with Crippen LogP contribution in [0.4, 0.5) is 26.8 Å². The van der Waals surface area contributed by atoms with Crippen molar-refractivity contribution >= 4 is 50.1 Å². The van der Waals surface area contributed by atoms with E-state index in [1.807, 2.05) is 36.2 Å². The van der Waals surface area contributed by atoms with Crippen molar-refractivity contribution in [3.05, 3.63) is 66.1 Å². The quantitative estimate of drug-likeness (QED) is 0.235. The summed E-state index contributed by atoms with van der Waals surface area (Å²) in [4.78, 5) is 29.8. The van der Waals surface area contributed by atoms with Crippen LogP contribution in [-0.4, -0.2) is 76.7 Å². The Kier molecular flexibility index (Phi) is 10.3. The maximum absolute atomic E-state index is 13.3. The van der Waals surface area contributed by atoms with E-state index in [2.05, 4.69) is 44.7 Å². The maximum atomic E-state index is 13.3. The van der Waals surface area contributed by atoms with Crippen LogP contribution in [0.3, 0.4) is 0 Å². The van der Waals surface area contributed by atoms with Crippen LogP contribution in [0.2, 0.25) is 0 Å². The number of hydrogen-bond acceptors (Lipinski definition) is 10. The van der Waals surface area contributed by atoms with Crippen molar-refractivity contribution in [1.29, 1.82) is 0 Å². The van der Waals surface area contributed by atoms with Gasteiger partial charge < -0.3 is 26.0 Å². The van der Waals surface area contributed by atoms with E-state index >= 15 is 0 Å². The van der Waals surface area contributed by atoms with Gasteiger partial charge in [-0.05, 0) is 67.2 Å². The molecule has 4 N–H and O–H groups in total. The van der Waals surface area contributed by atoms with Gasteiger partial charge in [-0.1, -0.05) is 25.2 Å². The molecular formula is C28H35FN8O2S. The third-order valence-electron chi connectivity index (χ3n) is 6.32. The third kappa shape index (κ3) is 7.92. The molecule has 0 aliphatic carbocycles. The Hall–Kier alpha value is -3.71. The minimum Gasteiger partial charge on any atom is -0.480 e. The summed E-state index contributed by atoms with van der Waals surface area (Å²) >= 11 is 1.42. The fraction of sp³-hybridized carbons (Fsp3) is 0.357. The van der Waals surface area contributed by atoms with E-state index in [4.69, 9.17) is 4.98 Å². The van der Waals surface area contributed by atoms with Crippen molar-refractivity contribution in [1.82, 2.24) is 30.5 Å². The van der Waals surface area contributed by atoms with Crippen LogP contribution in [0.25, 0.3) is 10.3 Å². The number of nitrogens with one attached hydrogen (secondary N) is 3. The molecule has 1 aliphatic heterocycles. The van der Waals surface area contributed by atoms with Gasteiger partial charge in [0.25, 0.3) is 0 Å². The second kappa shape index (κ2) is 14.1. The lowest BCUT2D eigenvalue weighted by atomic mass is 10.1. The second-order valence-electron chi connectivity index (χ2n) is 9.26. The van der Waals surface area contributed by atoms with Crippen molar-refractivity contribution in [3.8, 4) is 0 Å². The monoisotopic (exact) mass is 566 g/mol. The van der Waals surface area contributed by atoms with E-state index in [0.29, 0.717) is 30.6 Å². The first-order valence-corrected chi connectivity index (χ1v) is 14.1. The van der Waals surface area contributed by atoms with Crippen LogP contribution >= 0.6 is 11.3 Å². The summed E-state index contributed by atoms with van der Waals surface area (Å²) in [5, 5.41) is 19.3. The van der Waals surface area contributed by atoms with Crippen LogP contribution in [0.1, 0.15) is 19.4 Å². The Balaban J connectivity index is 0.000000681. The molecule has 1 saturated heterocycles. The Morgan fingerprint density at radius 3 is 2.65 bits per heavy atom. The van der Waals surface area contributed by atoms with Gasteiger partial charge in [0.2, 0.25) is 0 Å². The predicted octanol–water partition coefficient (Wildman–Crippen LogP) is 4.21. The Labute approximate surface area is 237 Å². The predicted molar refractivity (Wildman–Crippen MR) is 158 cm³/mol. The number of pyridine rings is 2. The summed E-state index contributed by atoms with van der Waals surface area (Å²) in [7, 11) is 1.88. The van der Waals surface area contributed by atoms with E-state index in [1.165, 1.54) is 23.5 Å². The number of aromatic nitrogens is 3. The average molecular weight is 567 g/mol. The molecule has 0 amide bonds. The number of carbonyl (C=O) groups is 1. The SMILES string of the molecule is CCNCC.CN(c1ccc(F)cc1)c1ccc2nc(Nc3cc(CN4CCNC(C(=O)O)C4)ccn3)sc2n1. The van der Waals surface area contributed by atoms with Gasteiger partial charge in [0.05, 0.1) is 0 Å². The topological polar surface area (TPSA) is 119 Å². The zero-order valence-corrected chi connectivity index (χ0v) is 23.7. The lowest BCUT2D eigenvalue weighted by molar-refractivity contribution is -0.140. The highest BCUT2D eigenvalue weighted by Gasteiger charge is 2.24. The van der Waals surface area contributed by atoms with Crippen LogP contribution in [0, 0.1) is 5.82 Å². The first-order valence-electron chi connectivity index (χ1n) is 13.2. The molecule has 10 nitrogen and oxygen atoms in total. The van der Waals surface area contributed by atoms with Gasteiger partial charge in [0.15, 0.2) is 5.13 Å².